The molecular formula is C10H18BrNO. The Morgan fingerprint density at radius 2 is 1.92 bits per heavy atom. The summed E-state index contributed by atoms with van der Waals surface area (Å²) < 4.78 is 5.41. The van der Waals surface area contributed by atoms with Gasteiger partial charge in [-0.1, -0.05) is 29.8 Å². The monoisotopic (exact) mass is 247 g/mol. The minimum absolute atomic E-state index is 0.0963. The quantitative estimate of drug-likeness (QED) is 0.512. The molecule has 0 amide bonds. The van der Waals surface area contributed by atoms with E-state index in [-0.39, 0.29) is 5.92 Å². The Balaban J connectivity index is 3.21. The third-order valence-electron chi connectivity index (χ3n) is 1.82. The first kappa shape index (κ1) is 12.9. The third kappa shape index (κ3) is 8.27. The van der Waals surface area contributed by atoms with Gasteiger partial charge in [-0.15, -0.1) is 0 Å². The van der Waals surface area contributed by atoms with E-state index in [0.717, 1.165) is 24.8 Å². The Labute approximate surface area is 89.4 Å². The SMILES string of the molecule is CC(C)CCOCCC(C#N)CBr. The molecule has 0 aromatic heterocycles. The van der Waals surface area contributed by atoms with Crippen molar-refractivity contribution in [3.63, 3.8) is 0 Å². The summed E-state index contributed by atoms with van der Waals surface area (Å²) in [6.45, 7) is 5.88. The molecule has 0 aliphatic heterocycles. The van der Waals surface area contributed by atoms with Crippen molar-refractivity contribution >= 4 is 15.9 Å². The van der Waals surface area contributed by atoms with E-state index in [0.29, 0.717) is 12.5 Å². The van der Waals surface area contributed by atoms with Crippen LogP contribution in [-0.2, 0) is 4.74 Å². The lowest BCUT2D eigenvalue weighted by atomic mass is 10.1. The van der Waals surface area contributed by atoms with Crippen LogP contribution in [0.3, 0.4) is 0 Å². The molecule has 0 N–H and O–H groups in total. The summed E-state index contributed by atoms with van der Waals surface area (Å²) in [5, 5.41) is 9.38. The van der Waals surface area contributed by atoms with Crippen molar-refractivity contribution in [1.82, 2.24) is 0 Å². The second kappa shape index (κ2) is 8.52. The van der Waals surface area contributed by atoms with Crippen LogP contribution in [0.1, 0.15) is 26.7 Å². The highest BCUT2D eigenvalue weighted by Crippen LogP contribution is 2.06. The number of nitrogens with zero attached hydrogens (tertiary/aromatic N) is 1. The fraction of sp³-hybridized carbons (Fsp3) is 0.900. The molecule has 1 unspecified atom stereocenters. The molecule has 13 heavy (non-hydrogen) atoms. The van der Waals surface area contributed by atoms with E-state index in [9.17, 15) is 0 Å². The average Bonchev–Trinajstić information content (AvgIpc) is 2.11. The molecule has 2 nitrogen and oxygen atoms in total. The van der Waals surface area contributed by atoms with Crippen molar-refractivity contribution < 1.29 is 4.74 Å². The van der Waals surface area contributed by atoms with Crippen molar-refractivity contribution in [2.45, 2.75) is 26.7 Å². The molecule has 0 fully saturated rings. The van der Waals surface area contributed by atoms with Gasteiger partial charge in [-0.25, -0.2) is 0 Å². The highest BCUT2D eigenvalue weighted by atomic mass is 79.9. The van der Waals surface area contributed by atoms with Gasteiger partial charge in [0.25, 0.3) is 0 Å². The first-order chi connectivity index (χ1) is 6.20. The zero-order valence-electron chi connectivity index (χ0n) is 8.42. The molecule has 0 saturated carbocycles. The van der Waals surface area contributed by atoms with Crippen LogP contribution in [0.2, 0.25) is 0 Å². The first-order valence-corrected chi connectivity index (χ1v) is 5.86. The summed E-state index contributed by atoms with van der Waals surface area (Å²) in [5.74, 6) is 0.794. The van der Waals surface area contributed by atoms with Gasteiger partial charge in [0.1, 0.15) is 0 Å². The van der Waals surface area contributed by atoms with Gasteiger partial charge in [0.2, 0.25) is 0 Å². The van der Waals surface area contributed by atoms with Gasteiger partial charge in [-0.2, -0.15) is 5.26 Å². The Morgan fingerprint density at radius 1 is 1.31 bits per heavy atom. The molecule has 0 radical (unpaired) electrons. The van der Waals surface area contributed by atoms with Crippen LogP contribution in [0, 0.1) is 23.2 Å². The van der Waals surface area contributed by atoms with Crippen LogP contribution >= 0.6 is 15.9 Å². The molecule has 0 saturated heterocycles. The number of rotatable bonds is 7. The van der Waals surface area contributed by atoms with Crippen molar-refractivity contribution in [3.05, 3.63) is 0 Å². The Bertz CT molecular complexity index is 153. The largest absolute Gasteiger partial charge is 0.381 e. The number of alkyl halides is 1. The second-order valence-corrected chi connectivity index (χ2v) is 4.21. The van der Waals surface area contributed by atoms with Gasteiger partial charge in [-0.3, -0.25) is 0 Å². The summed E-state index contributed by atoms with van der Waals surface area (Å²) in [4.78, 5) is 0. The molecule has 0 aliphatic rings. The van der Waals surface area contributed by atoms with Gasteiger partial charge in [0.15, 0.2) is 0 Å². The average molecular weight is 248 g/mol. The lowest BCUT2D eigenvalue weighted by molar-refractivity contribution is 0.117. The zero-order valence-corrected chi connectivity index (χ0v) is 10.0. The standard InChI is InChI=1S/C10H18BrNO/c1-9(2)3-5-13-6-4-10(7-11)8-12/h9-10H,3-7H2,1-2H3. The van der Waals surface area contributed by atoms with E-state index < -0.39 is 0 Å². The Hall–Kier alpha value is -0.0700. The van der Waals surface area contributed by atoms with Crippen LogP contribution in [0.25, 0.3) is 0 Å². The predicted molar refractivity (Wildman–Crippen MR) is 57.8 cm³/mol. The van der Waals surface area contributed by atoms with Crippen molar-refractivity contribution in [2.75, 3.05) is 18.5 Å². The van der Waals surface area contributed by atoms with E-state index in [1.54, 1.807) is 0 Å². The summed E-state index contributed by atoms with van der Waals surface area (Å²) >= 11 is 3.29. The third-order valence-corrected chi connectivity index (χ3v) is 2.60. The van der Waals surface area contributed by atoms with Gasteiger partial charge < -0.3 is 4.74 Å². The van der Waals surface area contributed by atoms with E-state index >= 15 is 0 Å². The van der Waals surface area contributed by atoms with Gasteiger partial charge in [-0.05, 0) is 18.8 Å². The molecule has 0 spiro atoms. The molecular weight excluding hydrogens is 230 g/mol. The second-order valence-electron chi connectivity index (χ2n) is 3.56. The number of halogens is 1. The van der Waals surface area contributed by atoms with E-state index in [4.69, 9.17) is 10.00 Å². The minimum atomic E-state index is 0.0963. The first-order valence-electron chi connectivity index (χ1n) is 4.74. The van der Waals surface area contributed by atoms with Crippen molar-refractivity contribution in [3.8, 4) is 6.07 Å². The molecule has 0 bridgehead atoms. The molecule has 0 aliphatic carbocycles. The summed E-state index contributed by atoms with van der Waals surface area (Å²) in [7, 11) is 0. The number of hydrogen-bond acceptors (Lipinski definition) is 2. The molecule has 0 rings (SSSR count). The molecule has 0 heterocycles. The fourth-order valence-corrected chi connectivity index (χ4v) is 1.29. The van der Waals surface area contributed by atoms with Crippen molar-refractivity contribution in [2.24, 2.45) is 11.8 Å². The van der Waals surface area contributed by atoms with Gasteiger partial charge >= 0.3 is 0 Å². The Kier molecular flexibility index (Phi) is 8.48. The van der Waals surface area contributed by atoms with E-state index in [1.807, 2.05) is 0 Å². The van der Waals surface area contributed by atoms with Gasteiger partial charge in [0.05, 0.1) is 12.0 Å². The Morgan fingerprint density at radius 3 is 2.38 bits per heavy atom. The molecule has 76 valence electrons. The molecule has 1 atom stereocenters. The summed E-state index contributed by atoms with van der Waals surface area (Å²) in [6, 6.07) is 2.22. The fourth-order valence-electron chi connectivity index (χ4n) is 0.823. The lowest BCUT2D eigenvalue weighted by Gasteiger charge is -2.07. The smallest absolute Gasteiger partial charge is 0.0665 e. The maximum absolute atomic E-state index is 8.64. The highest BCUT2D eigenvalue weighted by molar-refractivity contribution is 9.09. The maximum atomic E-state index is 8.64. The number of hydrogen-bond donors (Lipinski definition) is 0. The normalized spacial score (nSPS) is 12.8. The molecule has 3 heteroatoms. The van der Waals surface area contributed by atoms with E-state index in [1.165, 1.54) is 0 Å². The maximum Gasteiger partial charge on any atom is 0.0665 e. The van der Waals surface area contributed by atoms with E-state index in [2.05, 4.69) is 35.8 Å². The van der Waals surface area contributed by atoms with Crippen LogP contribution in [0.4, 0.5) is 0 Å². The predicted octanol–water partition coefficient (Wildman–Crippen LogP) is 2.97. The summed E-state index contributed by atoms with van der Waals surface area (Å²) in [6.07, 6.45) is 1.94. The molecule has 0 aromatic rings. The number of nitriles is 1. The molecule has 0 aromatic carbocycles. The minimum Gasteiger partial charge on any atom is -0.381 e. The van der Waals surface area contributed by atoms with Crippen LogP contribution in [0.15, 0.2) is 0 Å². The summed E-state index contributed by atoms with van der Waals surface area (Å²) in [5.41, 5.74) is 0. The van der Waals surface area contributed by atoms with Crippen LogP contribution in [0.5, 0.6) is 0 Å². The zero-order chi connectivity index (χ0) is 10.1. The highest BCUT2D eigenvalue weighted by Gasteiger charge is 2.04. The van der Waals surface area contributed by atoms with Crippen LogP contribution in [-0.4, -0.2) is 18.5 Å². The van der Waals surface area contributed by atoms with Gasteiger partial charge in [0, 0.05) is 18.5 Å². The van der Waals surface area contributed by atoms with Crippen molar-refractivity contribution in [1.29, 1.82) is 5.26 Å². The number of ether oxygens (including phenoxy) is 1. The topological polar surface area (TPSA) is 33.0 Å². The lowest BCUT2D eigenvalue weighted by Crippen LogP contribution is -2.06. The van der Waals surface area contributed by atoms with Crippen LogP contribution < -0.4 is 0 Å².